The van der Waals surface area contributed by atoms with Crippen LogP contribution < -0.4 is 5.32 Å². The van der Waals surface area contributed by atoms with Crippen molar-refractivity contribution < 1.29 is 27.5 Å². The molecule has 0 unspecified atom stereocenters. The van der Waals surface area contributed by atoms with Crippen LogP contribution in [0.4, 0.5) is 13.2 Å². The van der Waals surface area contributed by atoms with Crippen LogP contribution in [-0.4, -0.2) is 24.5 Å². The number of aryl methyl sites for hydroxylation is 2. The topological polar surface area (TPSA) is 55.4 Å². The maximum atomic E-state index is 12.4. The molecule has 166 valence electrons. The van der Waals surface area contributed by atoms with Gasteiger partial charge in [0.2, 0.25) is 5.91 Å². The number of hydrogen-bond acceptors (Lipinski definition) is 3. The molecule has 1 aliphatic carbocycles. The number of halogens is 3. The largest absolute Gasteiger partial charge is 0.411 e. The minimum Gasteiger partial charge on any atom is -0.367 e. The van der Waals surface area contributed by atoms with Gasteiger partial charge in [0, 0.05) is 24.9 Å². The van der Waals surface area contributed by atoms with Crippen LogP contribution in [-0.2, 0) is 35.5 Å². The van der Waals surface area contributed by atoms with Crippen molar-refractivity contribution in [3.63, 3.8) is 0 Å². The summed E-state index contributed by atoms with van der Waals surface area (Å²) in [5, 5.41) is 2.77. The van der Waals surface area contributed by atoms with Crippen LogP contribution in [0.1, 0.15) is 58.3 Å². The Morgan fingerprint density at radius 3 is 2.29 bits per heavy atom. The summed E-state index contributed by atoms with van der Waals surface area (Å²) < 4.78 is 40.9. The lowest BCUT2D eigenvalue weighted by Gasteiger charge is -2.16. The minimum atomic E-state index is -4.34. The van der Waals surface area contributed by atoms with Crippen LogP contribution in [0.2, 0.25) is 0 Å². The summed E-state index contributed by atoms with van der Waals surface area (Å²) >= 11 is 0. The molecule has 0 aromatic heterocycles. The molecule has 7 heteroatoms. The number of rotatable bonds is 9. The van der Waals surface area contributed by atoms with Crippen molar-refractivity contribution >= 4 is 11.7 Å². The number of ether oxygens (including phenoxy) is 1. The molecule has 1 aliphatic rings. The lowest BCUT2D eigenvalue weighted by atomic mass is 9.89. The molecule has 0 saturated heterocycles. The van der Waals surface area contributed by atoms with Gasteiger partial charge < -0.3 is 10.1 Å². The van der Waals surface area contributed by atoms with Crippen molar-refractivity contribution in [3.8, 4) is 0 Å². The molecule has 2 aromatic rings. The summed E-state index contributed by atoms with van der Waals surface area (Å²) in [4.78, 5) is 24.5. The first-order valence-corrected chi connectivity index (χ1v) is 10.4. The zero-order valence-electron chi connectivity index (χ0n) is 17.3. The first-order chi connectivity index (χ1) is 14.8. The van der Waals surface area contributed by atoms with E-state index in [0.717, 1.165) is 24.8 Å². The summed E-state index contributed by atoms with van der Waals surface area (Å²) in [7, 11) is 0. The van der Waals surface area contributed by atoms with E-state index in [1.165, 1.54) is 17.5 Å². The van der Waals surface area contributed by atoms with Crippen molar-refractivity contribution in [2.75, 3.05) is 6.61 Å². The maximum Gasteiger partial charge on any atom is 0.411 e. The summed E-state index contributed by atoms with van der Waals surface area (Å²) in [5.74, 6) is -0.254. The van der Waals surface area contributed by atoms with Crippen LogP contribution in [0, 0.1) is 0 Å². The van der Waals surface area contributed by atoms with Crippen molar-refractivity contribution in [1.29, 1.82) is 0 Å². The fourth-order valence-corrected chi connectivity index (χ4v) is 3.61. The van der Waals surface area contributed by atoms with Crippen LogP contribution in [0.3, 0.4) is 0 Å². The Balaban J connectivity index is 1.39. The Morgan fingerprint density at radius 2 is 1.58 bits per heavy atom. The van der Waals surface area contributed by atoms with Gasteiger partial charge >= 0.3 is 6.18 Å². The third-order valence-electron chi connectivity index (χ3n) is 5.30. The van der Waals surface area contributed by atoms with Crippen LogP contribution >= 0.6 is 0 Å². The molecule has 0 heterocycles. The Hall–Kier alpha value is -2.67. The highest BCUT2D eigenvalue weighted by molar-refractivity contribution is 5.98. The SMILES string of the molecule is O=C(CCC(=O)c1ccc2c(c1)CCCC2)NCc1ccc(COCC(F)(F)F)cc1. The highest BCUT2D eigenvalue weighted by atomic mass is 19.4. The molecule has 0 spiro atoms. The smallest absolute Gasteiger partial charge is 0.367 e. The van der Waals surface area contributed by atoms with Crippen LogP contribution in [0.15, 0.2) is 42.5 Å². The first kappa shape index (κ1) is 23.0. The van der Waals surface area contributed by atoms with Crippen LogP contribution in [0.25, 0.3) is 0 Å². The van der Waals surface area contributed by atoms with Gasteiger partial charge in [-0.2, -0.15) is 13.2 Å². The molecule has 0 aliphatic heterocycles. The van der Waals surface area contributed by atoms with Crippen LogP contribution in [0.5, 0.6) is 0 Å². The predicted octanol–water partition coefficient (Wildman–Crippen LogP) is 4.92. The maximum absolute atomic E-state index is 12.4. The molecule has 3 rings (SSSR count). The number of hydrogen-bond donors (Lipinski definition) is 1. The van der Waals surface area contributed by atoms with E-state index in [1.807, 2.05) is 18.2 Å². The quantitative estimate of drug-likeness (QED) is 0.571. The lowest BCUT2D eigenvalue weighted by molar-refractivity contribution is -0.176. The third-order valence-corrected chi connectivity index (χ3v) is 5.30. The Morgan fingerprint density at radius 1 is 0.903 bits per heavy atom. The highest BCUT2D eigenvalue weighted by Crippen LogP contribution is 2.23. The van der Waals surface area contributed by atoms with Crippen molar-refractivity contribution in [3.05, 3.63) is 70.3 Å². The molecule has 1 N–H and O–H groups in total. The number of ketones is 1. The molecule has 0 fully saturated rings. The summed E-state index contributed by atoms with van der Waals surface area (Å²) in [6, 6.07) is 12.6. The van der Waals surface area contributed by atoms with Gasteiger partial charge in [-0.25, -0.2) is 0 Å². The lowest BCUT2D eigenvalue weighted by Crippen LogP contribution is -2.23. The summed E-state index contributed by atoms with van der Waals surface area (Å²) in [5.41, 5.74) is 4.66. The number of carbonyl (C=O) groups is 2. The third kappa shape index (κ3) is 7.51. The van der Waals surface area contributed by atoms with Gasteiger partial charge in [0.05, 0.1) is 6.61 Å². The van der Waals surface area contributed by atoms with Crippen molar-refractivity contribution in [1.82, 2.24) is 5.32 Å². The average molecular weight is 433 g/mol. The Labute approximate surface area is 179 Å². The van der Waals surface area contributed by atoms with Gasteiger partial charge in [-0.1, -0.05) is 36.4 Å². The molecule has 0 bridgehead atoms. The molecule has 0 saturated carbocycles. The van der Waals surface area contributed by atoms with E-state index in [-0.39, 0.29) is 37.7 Å². The van der Waals surface area contributed by atoms with Gasteiger partial charge in [0.25, 0.3) is 0 Å². The van der Waals surface area contributed by atoms with Gasteiger partial charge in [-0.05, 0) is 54.0 Å². The number of Topliss-reactive ketones (excluding diaryl/α,β-unsaturated/α-hetero) is 1. The monoisotopic (exact) mass is 433 g/mol. The zero-order chi connectivity index (χ0) is 22.3. The van der Waals surface area contributed by atoms with Gasteiger partial charge in [0.15, 0.2) is 5.78 Å². The zero-order valence-corrected chi connectivity index (χ0v) is 17.3. The predicted molar refractivity (Wildman–Crippen MR) is 111 cm³/mol. The second-order valence-electron chi connectivity index (χ2n) is 7.81. The standard InChI is InChI=1S/C24H26F3NO3/c25-24(26,27)16-31-15-18-7-5-17(6-8-18)14-28-23(30)12-11-22(29)21-10-9-19-3-1-2-4-20(19)13-21/h5-10,13H,1-4,11-12,14-16H2,(H,28,30). The molecule has 2 aromatic carbocycles. The molecule has 4 nitrogen and oxygen atoms in total. The Bertz CT molecular complexity index is 907. The van der Waals surface area contributed by atoms with E-state index in [1.54, 1.807) is 24.3 Å². The van der Waals surface area contributed by atoms with Crippen molar-refractivity contribution in [2.45, 2.75) is 57.9 Å². The number of benzene rings is 2. The van der Waals surface area contributed by atoms with E-state index < -0.39 is 12.8 Å². The van der Waals surface area contributed by atoms with Gasteiger partial charge in [0.1, 0.15) is 6.61 Å². The van der Waals surface area contributed by atoms with Gasteiger partial charge in [-0.15, -0.1) is 0 Å². The van der Waals surface area contributed by atoms with E-state index >= 15 is 0 Å². The second kappa shape index (κ2) is 10.6. The van der Waals surface area contributed by atoms with E-state index in [0.29, 0.717) is 11.1 Å². The number of alkyl halides is 3. The number of nitrogens with one attached hydrogen (secondary N) is 1. The molecular weight excluding hydrogens is 407 g/mol. The van der Waals surface area contributed by atoms with E-state index in [2.05, 4.69) is 10.1 Å². The van der Waals surface area contributed by atoms with Crippen molar-refractivity contribution in [2.24, 2.45) is 0 Å². The molecular formula is C24H26F3NO3. The molecule has 1 amide bonds. The van der Waals surface area contributed by atoms with E-state index in [4.69, 9.17) is 0 Å². The fourth-order valence-electron chi connectivity index (χ4n) is 3.61. The molecule has 31 heavy (non-hydrogen) atoms. The number of amides is 1. The first-order valence-electron chi connectivity index (χ1n) is 10.4. The second-order valence-corrected chi connectivity index (χ2v) is 7.81. The summed E-state index contributed by atoms with van der Waals surface area (Å²) in [6.07, 6.45) is 0.326. The average Bonchev–Trinajstić information content (AvgIpc) is 2.75. The highest BCUT2D eigenvalue weighted by Gasteiger charge is 2.27. The fraction of sp³-hybridized carbons (Fsp3) is 0.417. The normalized spacial score (nSPS) is 13.5. The molecule has 0 atom stereocenters. The molecule has 0 radical (unpaired) electrons. The minimum absolute atomic E-state index is 0.0354. The van der Waals surface area contributed by atoms with Gasteiger partial charge in [-0.3, -0.25) is 9.59 Å². The summed E-state index contributed by atoms with van der Waals surface area (Å²) in [6.45, 7) is -1.12. The van der Waals surface area contributed by atoms with E-state index in [9.17, 15) is 22.8 Å². The Kier molecular flexibility index (Phi) is 7.85. The number of fused-ring (bicyclic) bond motifs is 1. The number of carbonyl (C=O) groups excluding carboxylic acids is 2.